The van der Waals surface area contributed by atoms with Crippen LogP contribution in [0.25, 0.3) is 10.9 Å². The predicted molar refractivity (Wildman–Crippen MR) is 116 cm³/mol. The minimum atomic E-state index is 0.621. The standard InChI is InChI=1S/C21H25ClN6/c1-26-20-5-3-2-4-18(20)19(25-26)10-11-24-21(23)28-14-12-27(13-15-28)17-8-6-16(22)7-9-17/h2-9H,10-15H2,1H3,(H2,23,24). The van der Waals surface area contributed by atoms with Gasteiger partial charge in [0.1, 0.15) is 0 Å². The number of rotatable bonds is 4. The molecule has 3 aromatic rings. The van der Waals surface area contributed by atoms with E-state index in [1.54, 1.807) is 0 Å². The molecule has 4 rings (SSSR count). The van der Waals surface area contributed by atoms with Gasteiger partial charge in [-0.1, -0.05) is 29.8 Å². The van der Waals surface area contributed by atoms with Crippen LogP contribution in [0.2, 0.25) is 5.02 Å². The van der Waals surface area contributed by atoms with Gasteiger partial charge < -0.3 is 15.5 Å². The average molecular weight is 397 g/mol. The predicted octanol–water partition coefficient (Wildman–Crippen LogP) is 2.91. The number of aliphatic imine (C=N–C) groups is 1. The first-order valence-corrected chi connectivity index (χ1v) is 9.95. The molecular formula is C21H25ClN6. The number of piperazine rings is 1. The number of nitrogens with zero attached hydrogens (tertiary/aromatic N) is 5. The number of hydrogen-bond donors (Lipinski definition) is 1. The van der Waals surface area contributed by atoms with Crippen molar-refractivity contribution in [2.24, 2.45) is 17.8 Å². The fraction of sp³-hybridized carbons (Fsp3) is 0.333. The Morgan fingerprint density at radius 3 is 2.54 bits per heavy atom. The first-order chi connectivity index (χ1) is 13.6. The number of benzene rings is 2. The van der Waals surface area contributed by atoms with Crippen LogP contribution in [0.3, 0.4) is 0 Å². The fourth-order valence-corrected chi connectivity index (χ4v) is 3.82. The van der Waals surface area contributed by atoms with E-state index < -0.39 is 0 Å². The highest BCUT2D eigenvalue weighted by Crippen LogP contribution is 2.20. The fourth-order valence-electron chi connectivity index (χ4n) is 3.70. The molecule has 1 aliphatic rings. The number of aromatic nitrogens is 2. The molecule has 0 aliphatic carbocycles. The molecular weight excluding hydrogens is 372 g/mol. The molecule has 2 N–H and O–H groups in total. The minimum absolute atomic E-state index is 0.621. The number of fused-ring (bicyclic) bond motifs is 1. The molecule has 2 aromatic carbocycles. The highest BCUT2D eigenvalue weighted by atomic mass is 35.5. The normalized spacial score (nSPS) is 15.4. The van der Waals surface area contributed by atoms with Crippen molar-refractivity contribution in [1.82, 2.24) is 14.7 Å². The van der Waals surface area contributed by atoms with Gasteiger partial charge in [0.2, 0.25) is 0 Å². The van der Waals surface area contributed by atoms with Gasteiger partial charge in [0.15, 0.2) is 5.96 Å². The van der Waals surface area contributed by atoms with Crippen LogP contribution in [-0.2, 0) is 13.5 Å². The van der Waals surface area contributed by atoms with E-state index in [1.165, 1.54) is 11.1 Å². The molecule has 7 heteroatoms. The summed E-state index contributed by atoms with van der Waals surface area (Å²) in [6.45, 7) is 4.21. The SMILES string of the molecule is Cn1nc(CCN=C(N)N2CCN(c3ccc(Cl)cc3)CC2)c2ccccc21. The third-order valence-corrected chi connectivity index (χ3v) is 5.50. The highest BCUT2D eigenvalue weighted by molar-refractivity contribution is 6.30. The number of para-hydroxylation sites is 1. The summed E-state index contributed by atoms with van der Waals surface area (Å²) in [6.07, 6.45) is 0.785. The molecule has 1 aromatic heterocycles. The Labute approximate surface area is 170 Å². The van der Waals surface area contributed by atoms with Gasteiger partial charge in [-0.2, -0.15) is 5.10 Å². The lowest BCUT2D eigenvalue weighted by Crippen LogP contribution is -2.51. The van der Waals surface area contributed by atoms with Gasteiger partial charge in [-0.05, 0) is 30.3 Å². The van der Waals surface area contributed by atoms with Crippen molar-refractivity contribution in [3.8, 4) is 0 Å². The van der Waals surface area contributed by atoms with Crippen molar-refractivity contribution in [2.75, 3.05) is 37.6 Å². The molecule has 0 radical (unpaired) electrons. The molecule has 146 valence electrons. The zero-order valence-corrected chi connectivity index (χ0v) is 16.8. The van der Waals surface area contributed by atoms with E-state index >= 15 is 0 Å². The molecule has 0 spiro atoms. The summed E-state index contributed by atoms with van der Waals surface area (Å²) < 4.78 is 1.92. The largest absolute Gasteiger partial charge is 0.370 e. The third-order valence-electron chi connectivity index (χ3n) is 5.25. The molecule has 0 amide bonds. The Morgan fingerprint density at radius 1 is 1.07 bits per heavy atom. The van der Waals surface area contributed by atoms with E-state index in [9.17, 15) is 0 Å². The lowest BCUT2D eigenvalue weighted by Gasteiger charge is -2.36. The maximum atomic E-state index is 6.25. The van der Waals surface area contributed by atoms with Crippen LogP contribution < -0.4 is 10.6 Å². The summed E-state index contributed by atoms with van der Waals surface area (Å²) >= 11 is 5.98. The van der Waals surface area contributed by atoms with E-state index in [2.05, 4.69) is 44.2 Å². The van der Waals surface area contributed by atoms with E-state index in [1.807, 2.05) is 36.0 Å². The molecule has 0 unspecified atom stereocenters. The number of nitrogens with two attached hydrogens (primary N) is 1. The van der Waals surface area contributed by atoms with Crippen molar-refractivity contribution < 1.29 is 0 Å². The number of halogens is 1. The van der Waals surface area contributed by atoms with Crippen molar-refractivity contribution in [3.05, 3.63) is 59.2 Å². The van der Waals surface area contributed by atoms with Crippen molar-refractivity contribution in [2.45, 2.75) is 6.42 Å². The maximum absolute atomic E-state index is 6.25. The molecule has 0 bridgehead atoms. The van der Waals surface area contributed by atoms with E-state index in [-0.39, 0.29) is 0 Å². The van der Waals surface area contributed by atoms with Crippen LogP contribution in [0.1, 0.15) is 5.69 Å². The topological polar surface area (TPSA) is 62.7 Å². The Kier molecular flexibility index (Phi) is 5.39. The van der Waals surface area contributed by atoms with Crippen LogP contribution >= 0.6 is 11.6 Å². The first kappa shape index (κ1) is 18.6. The molecule has 1 saturated heterocycles. The molecule has 1 fully saturated rings. The lowest BCUT2D eigenvalue weighted by atomic mass is 10.2. The van der Waals surface area contributed by atoms with Crippen molar-refractivity contribution in [3.63, 3.8) is 0 Å². The van der Waals surface area contributed by atoms with Gasteiger partial charge in [0.25, 0.3) is 0 Å². The number of aryl methyl sites for hydroxylation is 1. The Balaban J connectivity index is 1.33. The molecule has 2 heterocycles. The quantitative estimate of drug-likeness (QED) is 0.544. The highest BCUT2D eigenvalue weighted by Gasteiger charge is 2.18. The molecule has 0 saturated carbocycles. The average Bonchev–Trinajstić information content (AvgIpc) is 3.05. The van der Waals surface area contributed by atoms with Gasteiger partial charge >= 0.3 is 0 Å². The van der Waals surface area contributed by atoms with Crippen molar-refractivity contribution >= 4 is 34.2 Å². The second-order valence-electron chi connectivity index (χ2n) is 7.03. The van der Waals surface area contributed by atoms with Crippen LogP contribution in [0.4, 0.5) is 5.69 Å². The Hall–Kier alpha value is -2.73. The second kappa shape index (κ2) is 8.10. The van der Waals surface area contributed by atoms with Gasteiger partial charge in [-0.15, -0.1) is 0 Å². The first-order valence-electron chi connectivity index (χ1n) is 9.58. The molecule has 1 aliphatic heterocycles. The summed E-state index contributed by atoms with van der Waals surface area (Å²) in [4.78, 5) is 9.11. The van der Waals surface area contributed by atoms with Crippen LogP contribution in [0, 0.1) is 0 Å². The maximum Gasteiger partial charge on any atom is 0.191 e. The smallest absolute Gasteiger partial charge is 0.191 e. The van der Waals surface area contributed by atoms with Crippen LogP contribution in [0.15, 0.2) is 53.5 Å². The van der Waals surface area contributed by atoms with Gasteiger partial charge in [0, 0.05) is 62.3 Å². The minimum Gasteiger partial charge on any atom is -0.370 e. The lowest BCUT2D eigenvalue weighted by molar-refractivity contribution is 0.381. The third kappa shape index (κ3) is 3.92. The molecule has 28 heavy (non-hydrogen) atoms. The Morgan fingerprint density at radius 2 is 1.79 bits per heavy atom. The summed E-state index contributed by atoms with van der Waals surface area (Å²) in [5.74, 6) is 0.621. The zero-order chi connectivity index (χ0) is 19.5. The van der Waals surface area contributed by atoms with Crippen LogP contribution in [0.5, 0.6) is 0 Å². The van der Waals surface area contributed by atoms with Crippen molar-refractivity contribution in [1.29, 1.82) is 0 Å². The summed E-state index contributed by atoms with van der Waals surface area (Å²) in [7, 11) is 1.98. The Bertz CT molecular complexity index is 970. The zero-order valence-electron chi connectivity index (χ0n) is 16.1. The summed E-state index contributed by atoms with van der Waals surface area (Å²) in [5.41, 5.74) is 9.66. The van der Waals surface area contributed by atoms with E-state index in [0.717, 1.165) is 48.8 Å². The number of anilines is 1. The number of hydrogen-bond acceptors (Lipinski definition) is 3. The van der Waals surface area contributed by atoms with Crippen LogP contribution in [-0.4, -0.2) is 53.4 Å². The summed E-state index contributed by atoms with van der Waals surface area (Å²) in [5, 5.41) is 6.58. The molecule has 0 atom stereocenters. The monoisotopic (exact) mass is 396 g/mol. The van der Waals surface area contributed by atoms with Gasteiger partial charge in [-0.3, -0.25) is 9.67 Å². The summed E-state index contributed by atoms with van der Waals surface area (Å²) in [6, 6.07) is 16.3. The molecule has 6 nitrogen and oxygen atoms in total. The second-order valence-corrected chi connectivity index (χ2v) is 7.46. The van der Waals surface area contributed by atoms with E-state index in [0.29, 0.717) is 12.5 Å². The van der Waals surface area contributed by atoms with E-state index in [4.69, 9.17) is 17.3 Å². The van der Waals surface area contributed by atoms with Gasteiger partial charge in [0.05, 0.1) is 11.2 Å². The van der Waals surface area contributed by atoms with Gasteiger partial charge in [-0.25, -0.2) is 0 Å². The number of guanidine groups is 1.